The Balaban J connectivity index is 2.37. The molecule has 104 valence electrons. The van der Waals surface area contributed by atoms with E-state index in [0.717, 1.165) is 30.2 Å². The molecule has 2 N–H and O–H groups in total. The second-order valence-corrected chi connectivity index (χ2v) is 4.83. The number of fused-ring (bicyclic) bond motifs is 1. The van der Waals surface area contributed by atoms with Gasteiger partial charge < -0.3 is 15.4 Å². The van der Waals surface area contributed by atoms with Crippen molar-refractivity contribution in [3.63, 3.8) is 0 Å². The monoisotopic (exact) mass is 261 g/mol. The van der Waals surface area contributed by atoms with Crippen molar-refractivity contribution in [2.45, 2.75) is 45.8 Å². The Morgan fingerprint density at radius 1 is 1.37 bits per heavy atom. The molecule has 4 heteroatoms. The van der Waals surface area contributed by atoms with Crippen molar-refractivity contribution in [1.82, 2.24) is 10.6 Å². The van der Waals surface area contributed by atoms with Gasteiger partial charge in [0.2, 0.25) is 0 Å². The lowest BCUT2D eigenvalue weighted by Crippen LogP contribution is -2.38. The molecule has 1 unspecified atom stereocenters. The van der Waals surface area contributed by atoms with Crippen molar-refractivity contribution in [2.75, 3.05) is 7.05 Å². The Kier molecular flexibility index (Phi) is 4.30. The van der Waals surface area contributed by atoms with Gasteiger partial charge in [0.1, 0.15) is 11.4 Å². The van der Waals surface area contributed by atoms with Crippen LogP contribution in [0, 0.1) is 0 Å². The molecule has 1 aromatic rings. The van der Waals surface area contributed by atoms with E-state index in [4.69, 9.17) is 4.74 Å². The summed E-state index contributed by atoms with van der Waals surface area (Å²) in [5.41, 5.74) is 2.13. The summed E-state index contributed by atoms with van der Waals surface area (Å²) in [5.74, 6) is 1.67. The summed E-state index contributed by atoms with van der Waals surface area (Å²) in [7, 11) is 1.87. The lowest BCUT2D eigenvalue weighted by atomic mass is 10.0. The molecule has 0 fully saturated rings. The van der Waals surface area contributed by atoms with E-state index in [1.54, 1.807) is 0 Å². The average Bonchev–Trinajstić information content (AvgIpc) is 2.44. The first-order valence-corrected chi connectivity index (χ1v) is 7.02. The highest BCUT2D eigenvalue weighted by molar-refractivity contribution is 5.86. The minimum atomic E-state index is 0.236. The maximum atomic E-state index is 6.09. The van der Waals surface area contributed by atoms with Crippen LogP contribution in [0.15, 0.2) is 23.2 Å². The number of ether oxygens (including phenoxy) is 1. The van der Waals surface area contributed by atoms with Gasteiger partial charge in [-0.15, -0.1) is 0 Å². The number of nitrogens with one attached hydrogen (secondary N) is 2. The van der Waals surface area contributed by atoms with Crippen LogP contribution in [0.3, 0.4) is 0 Å². The van der Waals surface area contributed by atoms with Crippen LogP contribution in [0.25, 0.3) is 0 Å². The highest BCUT2D eigenvalue weighted by atomic mass is 16.5. The average molecular weight is 261 g/mol. The maximum absolute atomic E-state index is 6.09. The quantitative estimate of drug-likeness (QED) is 0.875. The molecule has 0 aliphatic carbocycles. The van der Waals surface area contributed by atoms with E-state index in [2.05, 4.69) is 42.5 Å². The molecule has 0 bridgehead atoms. The Morgan fingerprint density at radius 3 is 2.74 bits per heavy atom. The van der Waals surface area contributed by atoms with Crippen molar-refractivity contribution in [2.24, 2.45) is 4.99 Å². The van der Waals surface area contributed by atoms with E-state index < -0.39 is 0 Å². The summed E-state index contributed by atoms with van der Waals surface area (Å²) in [4.78, 5) is 4.61. The molecular weight excluding hydrogens is 238 g/mol. The zero-order chi connectivity index (χ0) is 13.8. The fourth-order valence-electron chi connectivity index (χ4n) is 2.29. The Hall–Kier alpha value is -1.71. The number of hydrogen-bond acceptors (Lipinski definition) is 4. The summed E-state index contributed by atoms with van der Waals surface area (Å²) in [6.07, 6.45) is 2.28. The van der Waals surface area contributed by atoms with Crippen molar-refractivity contribution in [1.29, 1.82) is 0 Å². The first kappa shape index (κ1) is 13.7. The third-order valence-corrected chi connectivity index (χ3v) is 3.51. The van der Waals surface area contributed by atoms with E-state index in [0.29, 0.717) is 0 Å². The molecule has 1 atom stereocenters. The van der Waals surface area contributed by atoms with Crippen LogP contribution in [0.2, 0.25) is 0 Å². The maximum Gasteiger partial charge on any atom is 0.196 e. The molecule has 1 aliphatic heterocycles. The first-order valence-electron chi connectivity index (χ1n) is 7.02. The number of aliphatic imine (C=N–C) groups is 1. The van der Waals surface area contributed by atoms with Crippen LogP contribution in [-0.2, 0) is 0 Å². The number of hydrogen-bond donors (Lipinski definition) is 2. The predicted molar refractivity (Wildman–Crippen MR) is 79.1 cm³/mol. The second kappa shape index (κ2) is 5.95. The van der Waals surface area contributed by atoms with Gasteiger partial charge in [0.05, 0.1) is 12.1 Å². The summed E-state index contributed by atoms with van der Waals surface area (Å²) < 4.78 is 6.09. The molecule has 0 saturated carbocycles. The van der Waals surface area contributed by atoms with Crippen molar-refractivity contribution in [3.8, 4) is 5.75 Å². The summed E-state index contributed by atoms with van der Waals surface area (Å²) in [6, 6.07) is 6.38. The third-order valence-electron chi connectivity index (χ3n) is 3.51. The number of para-hydroxylation sites is 1. The summed E-state index contributed by atoms with van der Waals surface area (Å²) in [6.45, 7) is 6.43. The van der Waals surface area contributed by atoms with Gasteiger partial charge >= 0.3 is 0 Å². The van der Waals surface area contributed by atoms with Crippen LogP contribution in [0.1, 0.15) is 45.2 Å². The van der Waals surface area contributed by atoms with Crippen LogP contribution in [-0.4, -0.2) is 19.1 Å². The third kappa shape index (κ3) is 2.83. The molecule has 0 amide bonds. The van der Waals surface area contributed by atoms with Gasteiger partial charge in [-0.25, -0.2) is 4.99 Å². The van der Waals surface area contributed by atoms with Gasteiger partial charge in [-0.1, -0.05) is 26.0 Å². The van der Waals surface area contributed by atoms with Gasteiger partial charge in [0.15, 0.2) is 5.96 Å². The van der Waals surface area contributed by atoms with Gasteiger partial charge in [-0.2, -0.15) is 0 Å². The fraction of sp³-hybridized carbons (Fsp3) is 0.533. The molecule has 0 radical (unpaired) electrons. The van der Waals surface area contributed by atoms with E-state index >= 15 is 0 Å². The number of nitrogens with zero attached hydrogens (tertiary/aromatic N) is 1. The molecule has 0 aromatic heterocycles. The van der Waals surface area contributed by atoms with Crippen LogP contribution < -0.4 is 15.4 Å². The van der Waals surface area contributed by atoms with Crippen LogP contribution >= 0.6 is 0 Å². The van der Waals surface area contributed by atoms with Gasteiger partial charge in [-0.05, 0) is 25.8 Å². The molecule has 4 nitrogen and oxygen atoms in total. The highest BCUT2D eigenvalue weighted by Crippen LogP contribution is 2.38. The van der Waals surface area contributed by atoms with E-state index in [9.17, 15) is 0 Å². The molecule has 2 rings (SSSR count). The first-order chi connectivity index (χ1) is 9.19. The van der Waals surface area contributed by atoms with Crippen molar-refractivity contribution >= 4 is 11.6 Å². The molecule has 1 heterocycles. The molecule has 1 aromatic carbocycles. The lowest BCUT2D eigenvalue weighted by Gasteiger charge is -2.26. The van der Waals surface area contributed by atoms with Gasteiger partial charge in [0, 0.05) is 12.6 Å². The Morgan fingerprint density at radius 2 is 2.11 bits per heavy atom. The summed E-state index contributed by atoms with van der Waals surface area (Å²) >= 11 is 0. The topological polar surface area (TPSA) is 45.6 Å². The zero-order valence-corrected chi connectivity index (χ0v) is 12.2. The molecule has 1 aliphatic rings. The van der Waals surface area contributed by atoms with E-state index in [-0.39, 0.29) is 12.1 Å². The smallest absolute Gasteiger partial charge is 0.196 e. The molecule has 19 heavy (non-hydrogen) atoms. The van der Waals surface area contributed by atoms with Crippen molar-refractivity contribution in [3.05, 3.63) is 23.8 Å². The normalized spacial score (nSPS) is 17.5. The molecule has 0 saturated heterocycles. The Bertz CT molecular complexity index is 466. The van der Waals surface area contributed by atoms with Crippen LogP contribution in [0.4, 0.5) is 5.69 Å². The van der Waals surface area contributed by atoms with E-state index in [1.165, 1.54) is 5.56 Å². The second-order valence-electron chi connectivity index (χ2n) is 4.83. The number of rotatable bonds is 4. The number of guanidine groups is 1. The van der Waals surface area contributed by atoms with Crippen molar-refractivity contribution < 1.29 is 4.74 Å². The lowest BCUT2D eigenvalue weighted by molar-refractivity contribution is 0.193. The largest absolute Gasteiger partial charge is 0.488 e. The fourth-order valence-corrected chi connectivity index (χ4v) is 2.29. The summed E-state index contributed by atoms with van der Waals surface area (Å²) in [5, 5.41) is 6.38. The zero-order valence-electron chi connectivity index (χ0n) is 12.2. The van der Waals surface area contributed by atoms with E-state index in [1.807, 2.05) is 19.2 Å². The van der Waals surface area contributed by atoms with Crippen LogP contribution in [0.5, 0.6) is 5.75 Å². The predicted octanol–water partition coefficient (Wildman–Crippen LogP) is 3.13. The Labute approximate surface area is 115 Å². The SMILES string of the molecule is CCC(CC)Oc1cccc2c1N=C(NC)NC2C. The standard InChI is InChI=1S/C15H23N3O/c1-5-11(6-2)19-13-9-7-8-12-10(3)17-15(16-4)18-14(12)13/h7-11H,5-6H2,1-4H3,(H2,16,17,18). The minimum Gasteiger partial charge on any atom is -0.488 e. The highest BCUT2D eigenvalue weighted by Gasteiger charge is 2.21. The molecular formula is C15H23N3O. The van der Waals surface area contributed by atoms with Gasteiger partial charge in [0.25, 0.3) is 0 Å². The van der Waals surface area contributed by atoms with Gasteiger partial charge in [-0.3, -0.25) is 0 Å². The minimum absolute atomic E-state index is 0.236. The number of benzene rings is 1. The molecule has 0 spiro atoms.